The first-order valence-corrected chi connectivity index (χ1v) is 9.69. The van der Waals surface area contributed by atoms with Gasteiger partial charge in [0.15, 0.2) is 5.96 Å². The molecule has 6 nitrogen and oxygen atoms in total. The van der Waals surface area contributed by atoms with E-state index in [0.29, 0.717) is 12.4 Å². The molecule has 0 aliphatic heterocycles. The SMILES string of the molecule is CCNC(=NCc1coc(-c2cccs2)n1)N(C)CCOCC1CC1.I. The Labute approximate surface area is 176 Å². The molecule has 1 aliphatic carbocycles. The number of nitrogens with one attached hydrogen (secondary N) is 1. The van der Waals surface area contributed by atoms with E-state index in [0.717, 1.165) is 48.8 Å². The van der Waals surface area contributed by atoms with E-state index in [4.69, 9.17) is 9.15 Å². The molecule has 0 spiro atoms. The van der Waals surface area contributed by atoms with Crippen LogP contribution in [-0.2, 0) is 11.3 Å². The molecule has 0 amide bonds. The lowest BCUT2D eigenvalue weighted by Crippen LogP contribution is -2.40. The Hall–Kier alpha value is -1.13. The minimum Gasteiger partial charge on any atom is -0.443 e. The minimum atomic E-state index is 0. The number of halogens is 1. The van der Waals surface area contributed by atoms with Crippen molar-refractivity contribution < 1.29 is 9.15 Å². The maximum atomic E-state index is 5.71. The maximum Gasteiger partial charge on any atom is 0.236 e. The van der Waals surface area contributed by atoms with E-state index >= 15 is 0 Å². The van der Waals surface area contributed by atoms with Crippen molar-refractivity contribution in [2.24, 2.45) is 10.9 Å². The molecule has 1 fully saturated rings. The van der Waals surface area contributed by atoms with E-state index < -0.39 is 0 Å². The van der Waals surface area contributed by atoms with Crippen LogP contribution in [0.1, 0.15) is 25.5 Å². The zero-order valence-corrected chi connectivity index (χ0v) is 18.5. The van der Waals surface area contributed by atoms with Gasteiger partial charge in [-0.05, 0) is 37.1 Å². The fourth-order valence-corrected chi connectivity index (χ4v) is 3.02. The van der Waals surface area contributed by atoms with Crippen molar-refractivity contribution in [2.75, 3.05) is 33.4 Å². The summed E-state index contributed by atoms with van der Waals surface area (Å²) in [6.07, 6.45) is 4.33. The summed E-state index contributed by atoms with van der Waals surface area (Å²) in [5.41, 5.74) is 0.831. The van der Waals surface area contributed by atoms with E-state index in [-0.39, 0.29) is 24.0 Å². The molecule has 0 atom stereocenters. The standard InChI is InChI=1S/C18H26N4O2S.HI/c1-3-19-18(22(2)8-9-23-12-14-6-7-14)20-11-15-13-24-17(21-15)16-5-4-10-25-16;/h4-5,10,13-14H,3,6-9,11-12H2,1-2H3,(H,19,20);1H. The highest BCUT2D eigenvalue weighted by Gasteiger charge is 2.21. The molecule has 0 saturated heterocycles. The number of aliphatic imine (C=N–C) groups is 1. The summed E-state index contributed by atoms with van der Waals surface area (Å²) < 4.78 is 11.3. The fraction of sp³-hybridized carbons (Fsp3) is 0.556. The topological polar surface area (TPSA) is 62.9 Å². The third-order valence-corrected chi connectivity index (χ3v) is 4.85. The van der Waals surface area contributed by atoms with E-state index in [1.165, 1.54) is 12.8 Å². The van der Waals surface area contributed by atoms with E-state index in [1.54, 1.807) is 17.6 Å². The summed E-state index contributed by atoms with van der Waals surface area (Å²) in [6, 6.07) is 3.99. The van der Waals surface area contributed by atoms with Gasteiger partial charge in [-0.3, -0.25) is 0 Å². The second-order valence-electron chi connectivity index (χ2n) is 6.23. The van der Waals surface area contributed by atoms with E-state index in [2.05, 4.69) is 27.1 Å². The fourth-order valence-electron chi connectivity index (χ4n) is 2.36. The first-order valence-electron chi connectivity index (χ1n) is 8.81. The quantitative estimate of drug-likeness (QED) is 0.251. The van der Waals surface area contributed by atoms with Gasteiger partial charge in [0.05, 0.1) is 18.0 Å². The highest BCUT2D eigenvalue weighted by atomic mass is 127. The highest BCUT2D eigenvalue weighted by Crippen LogP contribution is 2.28. The molecule has 3 rings (SSSR count). The molecule has 0 radical (unpaired) electrons. The summed E-state index contributed by atoms with van der Waals surface area (Å²) in [4.78, 5) is 12.3. The van der Waals surface area contributed by atoms with Crippen LogP contribution in [0, 0.1) is 5.92 Å². The second-order valence-corrected chi connectivity index (χ2v) is 7.18. The molecular weight excluding hydrogens is 463 g/mol. The molecule has 1 aliphatic rings. The normalized spacial score (nSPS) is 14.2. The number of aromatic nitrogens is 1. The smallest absolute Gasteiger partial charge is 0.236 e. The molecule has 0 unspecified atom stereocenters. The largest absolute Gasteiger partial charge is 0.443 e. The Balaban J connectivity index is 0.00000243. The summed E-state index contributed by atoms with van der Waals surface area (Å²) in [7, 11) is 2.03. The second kappa shape index (κ2) is 10.9. The van der Waals surface area contributed by atoms with Crippen molar-refractivity contribution in [3.05, 3.63) is 29.5 Å². The number of hydrogen-bond donors (Lipinski definition) is 1. The average Bonchev–Trinajstić information content (AvgIpc) is 3.09. The van der Waals surface area contributed by atoms with Crippen molar-refractivity contribution in [1.82, 2.24) is 15.2 Å². The Morgan fingerprint density at radius 2 is 2.35 bits per heavy atom. The van der Waals surface area contributed by atoms with Crippen LogP contribution in [0.5, 0.6) is 0 Å². The van der Waals surface area contributed by atoms with Crippen LogP contribution in [-0.4, -0.2) is 49.2 Å². The molecule has 144 valence electrons. The van der Waals surface area contributed by atoms with Crippen molar-refractivity contribution in [2.45, 2.75) is 26.3 Å². The van der Waals surface area contributed by atoms with Crippen LogP contribution >= 0.6 is 35.3 Å². The van der Waals surface area contributed by atoms with Crippen LogP contribution in [0.2, 0.25) is 0 Å². The summed E-state index contributed by atoms with van der Waals surface area (Å²) in [6.45, 7) is 5.82. The van der Waals surface area contributed by atoms with Gasteiger partial charge in [0, 0.05) is 26.7 Å². The Kier molecular flexibility index (Phi) is 8.86. The highest BCUT2D eigenvalue weighted by molar-refractivity contribution is 14.0. The molecule has 2 heterocycles. The van der Waals surface area contributed by atoms with Crippen LogP contribution in [0.25, 0.3) is 10.8 Å². The van der Waals surface area contributed by atoms with E-state index in [1.807, 2.05) is 24.6 Å². The Bertz CT molecular complexity index is 671. The number of ether oxygens (including phenoxy) is 1. The monoisotopic (exact) mass is 490 g/mol. The van der Waals surface area contributed by atoms with Gasteiger partial charge in [0.25, 0.3) is 0 Å². The van der Waals surface area contributed by atoms with Crippen LogP contribution in [0.3, 0.4) is 0 Å². The first kappa shape index (κ1) is 21.2. The van der Waals surface area contributed by atoms with E-state index in [9.17, 15) is 0 Å². The van der Waals surface area contributed by atoms with Gasteiger partial charge in [-0.2, -0.15) is 0 Å². The molecule has 1 saturated carbocycles. The number of hydrogen-bond acceptors (Lipinski definition) is 5. The zero-order chi connectivity index (χ0) is 17.5. The van der Waals surface area contributed by atoms with Gasteiger partial charge in [-0.15, -0.1) is 35.3 Å². The summed E-state index contributed by atoms with van der Waals surface area (Å²) in [5.74, 6) is 2.32. The van der Waals surface area contributed by atoms with Gasteiger partial charge in [-0.25, -0.2) is 9.98 Å². The number of likely N-dealkylation sites (N-methyl/N-ethyl adjacent to an activating group) is 1. The number of rotatable bonds is 9. The van der Waals surface area contributed by atoms with Crippen LogP contribution < -0.4 is 5.32 Å². The summed E-state index contributed by atoms with van der Waals surface area (Å²) in [5, 5.41) is 5.33. The molecule has 2 aromatic rings. The predicted molar refractivity (Wildman–Crippen MR) is 116 cm³/mol. The third-order valence-electron chi connectivity index (χ3n) is 3.99. The first-order chi connectivity index (χ1) is 12.3. The molecular formula is C18H27IN4O2S. The van der Waals surface area contributed by atoms with Gasteiger partial charge >= 0.3 is 0 Å². The molecule has 1 N–H and O–H groups in total. The lowest BCUT2D eigenvalue weighted by Gasteiger charge is -2.21. The Morgan fingerprint density at radius 3 is 3.04 bits per heavy atom. The van der Waals surface area contributed by atoms with Gasteiger partial charge < -0.3 is 19.4 Å². The van der Waals surface area contributed by atoms with Crippen LogP contribution in [0.15, 0.2) is 33.2 Å². The van der Waals surface area contributed by atoms with Crippen LogP contribution in [0.4, 0.5) is 0 Å². The molecule has 0 bridgehead atoms. The zero-order valence-electron chi connectivity index (χ0n) is 15.3. The number of oxazole rings is 1. The number of thiophene rings is 1. The van der Waals surface area contributed by atoms with Crippen molar-refractivity contribution in [1.29, 1.82) is 0 Å². The molecule has 2 aromatic heterocycles. The summed E-state index contributed by atoms with van der Waals surface area (Å²) >= 11 is 1.62. The average molecular weight is 490 g/mol. The van der Waals surface area contributed by atoms with Crippen molar-refractivity contribution >= 4 is 41.3 Å². The lowest BCUT2D eigenvalue weighted by molar-refractivity contribution is 0.115. The molecule has 26 heavy (non-hydrogen) atoms. The van der Waals surface area contributed by atoms with Gasteiger partial charge in [-0.1, -0.05) is 6.07 Å². The minimum absolute atomic E-state index is 0. The number of nitrogens with zero attached hydrogens (tertiary/aromatic N) is 3. The van der Waals surface area contributed by atoms with Crippen molar-refractivity contribution in [3.8, 4) is 10.8 Å². The predicted octanol–water partition coefficient (Wildman–Crippen LogP) is 3.85. The van der Waals surface area contributed by atoms with Crippen molar-refractivity contribution in [3.63, 3.8) is 0 Å². The molecule has 8 heteroatoms. The number of guanidine groups is 1. The molecule has 0 aromatic carbocycles. The van der Waals surface area contributed by atoms with Gasteiger partial charge in [0.2, 0.25) is 5.89 Å². The van der Waals surface area contributed by atoms with Gasteiger partial charge in [0.1, 0.15) is 12.0 Å². The third kappa shape index (κ3) is 6.55. The lowest BCUT2D eigenvalue weighted by atomic mass is 10.4. The Morgan fingerprint density at radius 1 is 1.50 bits per heavy atom. The maximum absolute atomic E-state index is 5.71.